The molecular formula is C23H27N5O. The summed E-state index contributed by atoms with van der Waals surface area (Å²) in [6, 6.07) is 21.5. The van der Waals surface area contributed by atoms with Crippen molar-refractivity contribution in [2.24, 2.45) is 0 Å². The number of carbonyl (C=O) groups excluding carboxylic acids is 1. The van der Waals surface area contributed by atoms with E-state index in [1.54, 1.807) is 17.0 Å². The summed E-state index contributed by atoms with van der Waals surface area (Å²) >= 11 is 0. The van der Waals surface area contributed by atoms with Gasteiger partial charge in [0.25, 0.3) is 5.91 Å². The Labute approximate surface area is 172 Å². The maximum absolute atomic E-state index is 13.0. The molecule has 6 heteroatoms. The Morgan fingerprint density at radius 1 is 0.931 bits per heavy atom. The molecule has 1 amide bonds. The maximum Gasteiger partial charge on any atom is 0.274 e. The third kappa shape index (κ3) is 5.31. The minimum atomic E-state index is -0.127. The summed E-state index contributed by atoms with van der Waals surface area (Å²) in [7, 11) is 4.00. The smallest absolute Gasteiger partial charge is 0.274 e. The van der Waals surface area contributed by atoms with Crippen molar-refractivity contribution < 1.29 is 4.79 Å². The van der Waals surface area contributed by atoms with E-state index in [1.807, 2.05) is 87.4 Å². The monoisotopic (exact) mass is 389 g/mol. The number of hydrogen-bond acceptors (Lipinski definition) is 5. The highest BCUT2D eigenvalue weighted by molar-refractivity contribution is 5.92. The largest absolute Gasteiger partial charge is 0.378 e. The number of anilines is 3. The molecule has 0 aliphatic heterocycles. The number of aromatic nitrogens is 2. The molecule has 150 valence electrons. The van der Waals surface area contributed by atoms with Gasteiger partial charge in [-0.3, -0.25) is 4.79 Å². The summed E-state index contributed by atoms with van der Waals surface area (Å²) in [4.78, 5) is 16.8. The molecule has 1 aromatic heterocycles. The Balaban J connectivity index is 1.69. The van der Waals surface area contributed by atoms with E-state index in [2.05, 4.69) is 15.5 Å². The number of hydrogen-bond donors (Lipinski definition) is 1. The van der Waals surface area contributed by atoms with E-state index in [0.29, 0.717) is 18.1 Å². The summed E-state index contributed by atoms with van der Waals surface area (Å²) in [5.74, 6) is 0.469. The van der Waals surface area contributed by atoms with Crippen molar-refractivity contribution in [3.05, 3.63) is 78.0 Å². The second-order valence-corrected chi connectivity index (χ2v) is 7.38. The first-order chi connectivity index (χ1) is 13.9. The zero-order valence-corrected chi connectivity index (χ0v) is 17.3. The lowest BCUT2D eigenvalue weighted by Crippen LogP contribution is -2.37. The van der Waals surface area contributed by atoms with Gasteiger partial charge in [0, 0.05) is 38.1 Å². The zero-order chi connectivity index (χ0) is 20.8. The average Bonchev–Trinajstić information content (AvgIpc) is 2.73. The molecule has 0 spiro atoms. The fourth-order valence-corrected chi connectivity index (χ4v) is 2.92. The van der Waals surface area contributed by atoms with Crippen molar-refractivity contribution in [2.75, 3.05) is 24.3 Å². The Hall–Kier alpha value is -3.41. The topological polar surface area (TPSA) is 61.4 Å². The van der Waals surface area contributed by atoms with Crippen LogP contribution in [0.15, 0.2) is 66.7 Å². The predicted molar refractivity (Wildman–Crippen MR) is 118 cm³/mol. The molecule has 3 aromatic rings. The van der Waals surface area contributed by atoms with Crippen molar-refractivity contribution >= 4 is 23.1 Å². The molecule has 0 fully saturated rings. The molecule has 0 radical (unpaired) electrons. The van der Waals surface area contributed by atoms with Crippen molar-refractivity contribution in [1.29, 1.82) is 0 Å². The zero-order valence-electron chi connectivity index (χ0n) is 17.3. The predicted octanol–water partition coefficient (Wildman–Crippen LogP) is 4.34. The normalized spacial score (nSPS) is 10.7. The van der Waals surface area contributed by atoms with Crippen molar-refractivity contribution in [3.8, 4) is 0 Å². The lowest BCUT2D eigenvalue weighted by atomic mass is 10.1. The molecule has 0 saturated carbocycles. The van der Waals surface area contributed by atoms with E-state index in [4.69, 9.17) is 0 Å². The van der Waals surface area contributed by atoms with Gasteiger partial charge in [0.05, 0.1) is 0 Å². The number of rotatable bonds is 7. The van der Waals surface area contributed by atoms with E-state index >= 15 is 0 Å². The van der Waals surface area contributed by atoms with Crippen molar-refractivity contribution in [2.45, 2.75) is 26.4 Å². The minimum absolute atomic E-state index is 0.0533. The quantitative estimate of drug-likeness (QED) is 0.651. The maximum atomic E-state index is 13.0. The number of nitrogens with zero attached hydrogens (tertiary/aromatic N) is 4. The van der Waals surface area contributed by atoms with Crippen LogP contribution in [-0.2, 0) is 6.54 Å². The fraction of sp³-hybridized carbons (Fsp3) is 0.261. The Kier molecular flexibility index (Phi) is 6.44. The van der Waals surface area contributed by atoms with Gasteiger partial charge in [-0.05, 0) is 55.8 Å². The van der Waals surface area contributed by atoms with Gasteiger partial charge in [-0.25, -0.2) is 0 Å². The van der Waals surface area contributed by atoms with Crippen LogP contribution in [0.5, 0.6) is 0 Å². The van der Waals surface area contributed by atoms with Crippen LogP contribution in [-0.4, -0.2) is 41.1 Å². The third-order valence-electron chi connectivity index (χ3n) is 4.62. The molecule has 0 atom stereocenters. The van der Waals surface area contributed by atoms with Gasteiger partial charge in [-0.15, -0.1) is 10.2 Å². The Morgan fingerprint density at radius 2 is 1.62 bits per heavy atom. The van der Waals surface area contributed by atoms with Gasteiger partial charge in [-0.1, -0.05) is 30.3 Å². The summed E-state index contributed by atoms with van der Waals surface area (Å²) < 4.78 is 0. The van der Waals surface area contributed by atoms with Gasteiger partial charge in [0.15, 0.2) is 11.5 Å². The van der Waals surface area contributed by atoms with Crippen LogP contribution < -0.4 is 10.2 Å². The Bertz CT molecular complexity index is 922. The molecule has 0 unspecified atom stereocenters. The SMILES string of the molecule is CC(C)N(Cc1ccccc1)C(=O)c1ccc(Nc2ccc(N(C)C)cc2)nn1. The van der Waals surface area contributed by atoms with E-state index in [-0.39, 0.29) is 11.9 Å². The van der Waals surface area contributed by atoms with Gasteiger partial charge in [-0.2, -0.15) is 0 Å². The highest BCUT2D eigenvalue weighted by Crippen LogP contribution is 2.19. The van der Waals surface area contributed by atoms with Crippen LogP contribution in [0, 0.1) is 0 Å². The van der Waals surface area contributed by atoms with E-state index in [1.165, 1.54) is 0 Å². The van der Waals surface area contributed by atoms with Gasteiger partial charge >= 0.3 is 0 Å². The van der Waals surface area contributed by atoms with Crippen molar-refractivity contribution in [1.82, 2.24) is 15.1 Å². The first kappa shape index (κ1) is 20.3. The van der Waals surface area contributed by atoms with Crippen LogP contribution in [0.1, 0.15) is 29.9 Å². The summed E-state index contributed by atoms with van der Waals surface area (Å²) in [5.41, 5.74) is 3.46. The van der Waals surface area contributed by atoms with Crippen LogP contribution in [0.2, 0.25) is 0 Å². The molecule has 0 aliphatic carbocycles. The lowest BCUT2D eigenvalue weighted by Gasteiger charge is -2.26. The highest BCUT2D eigenvalue weighted by Gasteiger charge is 2.20. The number of benzene rings is 2. The van der Waals surface area contributed by atoms with Gasteiger partial charge < -0.3 is 15.1 Å². The second kappa shape index (κ2) is 9.19. The van der Waals surface area contributed by atoms with Crippen LogP contribution in [0.3, 0.4) is 0 Å². The first-order valence-electron chi connectivity index (χ1n) is 9.67. The first-order valence-corrected chi connectivity index (χ1v) is 9.67. The highest BCUT2D eigenvalue weighted by atomic mass is 16.2. The second-order valence-electron chi connectivity index (χ2n) is 7.38. The molecule has 0 bridgehead atoms. The molecule has 29 heavy (non-hydrogen) atoms. The lowest BCUT2D eigenvalue weighted by molar-refractivity contribution is 0.0683. The molecule has 1 heterocycles. The number of amides is 1. The molecule has 1 N–H and O–H groups in total. The molecule has 2 aromatic carbocycles. The standard InChI is InChI=1S/C23H27N5O/c1-17(2)28(16-18-8-6-5-7-9-18)23(29)21-14-15-22(26-25-21)24-19-10-12-20(13-11-19)27(3)4/h5-15,17H,16H2,1-4H3,(H,24,26). The van der Waals surface area contributed by atoms with Gasteiger partial charge in [0.2, 0.25) is 0 Å². The molecule has 0 aliphatic rings. The van der Waals surface area contributed by atoms with E-state index in [0.717, 1.165) is 16.9 Å². The average molecular weight is 390 g/mol. The summed E-state index contributed by atoms with van der Waals surface area (Å²) in [6.07, 6.45) is 0. The van der Waals surface area contributed by atoms with Crippen LogP contribution in [0.25, 0.3) is 0 Å². The van der Waals surface area contributed by atoms with Crippen molar-refractivity contribution in [3.63, 3.8) is 0 Å². The van der Waals surface area contributed by atoms with Crippen LogP contribution >= 0.6 is 0 Å². The van der Waals surface area contributed by atoms with Crippen LogP contribution in [0.4, 0.5) is 17.2 Å². The molecule has 0 saturated heterocycles. The molecule has 3 rings (SSSR count). The van der Waals surface area contributed by atoms with Gasteiger partial charge in [0.1, 0.15) is 0 Å². The molecular weight excluding hydrogens is 362 g/mol. The summed E-state index contributed by atoms with van der Waals surface area (Å²) in [6.45, 7) is 4.54. The number of carbonyl (C=O) groups is 1. The number of nitrogens with one attached hydrogen (secondary N) is 1. The Morgan fingerprint density at radius 3 is 2.17 bits per heavy atom. The third-order valence-corrected chi connectivity index (χ3v) is 4.62. The summed E-state index contributed by atoms with van der Waals surface area (Å²) in [5, 5.41) is 11.5. The van der Waals surface area contributed by atoms with E-state index < -0.39 is 0 Å². The minimum Gasteiger partial charge on any atom is -0.378 e. The molecule has 6 nitrogen and oxygen atoms in total. The van der Waals surface area contributed by atoms with E-state index in [9.17, 15) is 4.79 Å². The fourth-order valence-electron chi connectivity index (χ4n) is 2.92.